The highest BCUT2D eigenvalue weighted by Crippen LogP contribution is 2.19. The number of carboxylic acids is 1. The summed E-state index contributed by atoms with van der Waals surface area (Å²) in [5.41, 5.74) is 1.06. The van der Waals surface area contributed by atoms with Gasteiger partial charge in [0, 0.05) is 12.4 Å². The highest BCUT2D eigenvalue weighted by molar-refractivity contribution is 7.80. The third-order valence-corrected chi connectivity index (χ3v) is 2.43. The smallest absolute Gasteiger partial charge is 0.336 e. The van der Waals surface area contributed by atoms with Crippen LogP contribution in [0.25, 0.3) is 0 Å². The zero-order valence-electron chi connectivity index (χ0n) is 7.27. The summed E-state index contributed by atoms with van der Waals surface area (Å²) >= 11 is 4.12. The SMILES string of the molecule is CC(CS)c1cnccc1C(=O)O. The van der Waals surface area contributed by atoms with E-state index >= 15 is 0 Å². The molecular weight excluding hydrogens is 186 g/mol. The summed E-state index contributed by atoms with van der Waals surface area (Å²) in [4.78, 5) is 14.7. The maximum absolute atomic E-state index is 10.8. The van der Waals surface area contributed by atoms with Crippen LogP contribution in [0.4, 0.5) is 0 Å². The number of aromatic carboxylic acids is 1. The maximum atomic E-state index is 10.8. The molecule has 1 rings (SSSR count). The number of hydrogen-bond acceptors (Lipinski definition) is 3. The van der Waals surface area contributed by atoms with Gasteiger partial charge in [-0.1, -0.05) is 6.92 Å². The number of carbonyl (C=O) groups is 1. The molecule has 0 bridgehead atoms. The fourth-order valence-corrected chi connectivity index (χ4v) is 1.29. The van der Waals surface area contributed by atoms with Crippen LogP contribution >= 0.6 is 12.6 Å². The molecule has 0 spiro atoms. The van der Waals surface area contributed by atoms with Crippen molar-refractivity contribution >= 4 is 18.6 Å². The third-order valence-electron chi connectivity index (χ3n) is 1.89. The molecule has 0 aliphatic carbocycles. The predicted molar refractivity (Wildman–Crippen MR) is 53.5 cm³/mol. The average molecular weight is 197 g/mol. The third kappa shape index (κ3) is 2.21. The van der Waals surface area contributed by atoms with Crippen LogP contribution in [0.3, 0.4) is 0 Å². The van der Waals surface area contributed by atoms with Gasteiger partial charge in [0.25, 0.3) is 0 Å². The van der Waals surface area contributed by atoms with Crippen molar-refractivity contribution in [3.8, 4) is 0 Å². The Morgan fingerprint density at radius 1 is 1.77 bits per heavy atom. The minimum Gasteiger partial charge on any atom is -0.478 e. The van der Waals surface area contributed by atoms with E-state index in [0.717, 1.165) is 5.56 Å². The summed E-state index contributed by atoms with van der Waals surface area (Å²) in [7, 11) is 0. The molecule has 1 unspecified atom stereocenters. The zero-order chi connectivity index (χ0) is 9.84. The molecule has 0 amide bonds. The Kier molecular flexibility index (Phi) is 3.31. The van der Waals surface area contributed by atoms with Crippen molar-refractivity contribution in [1.29, 1.82) is 0 Å². The topological polar surface area (TPSA) is 50.2 Å². The second-order valence-electron chi connectivity index (χ2n) is 2.85. The van der Waals surface area contributed by atoms with E-state index in [4.69, 9.17) is 5.11 Å². The molecule has 3 nitrogen and oxygen atoms in total. The van der Waals surface area contributed by atoms with Gasteiger partial charge in [-0.15, -0.1) is 0 Å². The first-order chi connectivity index (χ1) is 6.16. The van der Waals surface area contributed by atoms with Gasteiger partial charge in [0.15, 0.2) is 0 Å². The number of hydrogen-bond donors (Lipinski definition) is 2. The quantitative estimate of drug-likeness (QED) is 0.727. The van der Waals surface area contributed by atoms with Gasteiger partial charge < -0.3 is 5.11 Å². The molecule has 0 aliphatic rings. The molecule has 0 aromatic carbocycles. The predicted octanol–water partition coefficient (Wildman–Crippen LogP) is 1.81. The molecule has 1 N–H and O–H groups in total. The molecule has 0 saturated carbocycles. The molecule has 1 heterocycles. The van der Waals surface area contributed by atoms with Crippen LogP contribution in [0, 0.1) is 0 Å². The average Bonchev–Trinajstić information content (AvgIpc) is 2.16. The van der Waals surface area contributed by atoms with Crippen LogP contribution in [0.15, 0.2) is 18.5 Å². The van der Waals surface area contributed by atoms with Crippen LogP contribution in [-0.2, 0) is 0 Å². The fourth-order valence-electron chi connectivity index (χ4n) is 1.09. The molecule has 0 saturated heterocycles. The van der Waals surface area contributed by atoms with E-state index in [1.165, 1.54) is 12.3 Å². The summed E-state index contributed by atoms with van der Waals surface area (Å²) < 4.78 is 0. The first kappa shape index (κ1) is 10.1. The van der Waals surface area contributed by atoms with Crippen molar-refractivity contribution in [3.05, 3.63) is 29.6 Å². The number of rotatable bonds is 3. The molecule has 70 valence electrons. The van der Waals surface area contributed by atoms with Crippen LogP contribution < -0.4 is 0 Å². The van der Waals surface area contributed by atoms with Gasteiger partial charge in [0.1, 0.15) is 0 Å². The Bertz CT molecular complexity index is 314. The van der Waals surface area contributed by atoms with E-state index in [0.29, 0.717) is 11.3 Å². The number of nitrogens with zero attached hydrogens (tertiary/aromatic N) is 1. The summed E-state index contributed by atoms with van der Waals surface area (Å²) in [5, 5.41) is 8.86. The first-order valence-electron chi connectivity index (χ1n) is 3.95. The standard InChI is InChI=1S/C9H11NO2S/c1-6(5-13)8-4-10-3-2-7(8)9(11)12/h2-4,6,13H,5H2,1H3,(H,11,12). The molecule has 1 aromatic rings. The Labute approximate surface area is 82.2 Å². The summed E-state index contributed by atoms with van der Waals surface area (Å²) in [6.07, 6.45) is 3.07. The summed E-state index contributed by atoms with van der Waals surface area (Å²) in [6.45, 7) is 1.93. The highest BCUT2D eigenvalue weighted by atomic mass is 32.1. The van der Waals surface area contributed by atoms with E-state index in [1.807, 2.05) is 6.92 Å². The molecular formula is C9H11NO2S. The van der Waals surface area contributed by atoms with Crippen molar-refractivity contribution in [3.63, 3.8) is 0 Å². The second kappa shape index (κ2) is 4.28. The molecule has 4 heteroatoms. The molecule has 0 fully saturated rings. The van der Waals surface area contributed by atoms with Crippen molar-refractivity contribution < 1.29 is 9.90 Å². The minimum absolute atomic E-state index is 0.114. The van der Waals surface area contributed by atoms with Crippen molar-refractivity contribution in [2.24, 2.45) is 0 Å². The Hall–Kier alpha value is -1.03. The zero-order valence-corrected chi connectivity index (χ0v) is 8.16. The monoisotopic (exact) mass is 197 g/mol. The second-order valence-corrected chi connectivity index (χ2v) is 3.22. The van der Waals surface area contributed by atoms with Gasteiger partial charge >= 0.3 is 5.97 Å². The summed E-state index contributed by atoms with van der Waals surface area (Å²) in [6, 6.07) is 1.51. The van der Waals surface area contributed by atoms with E-state index in [1.54, 1.807) is 6.20 Å². The fraction of sp³-hybridized carbons (Fsp3) is 0.333. The molecule has 1 atom stereocenters. The Morgan fingerprint density at radius 3 is 3.00 bits per heavy atom. The van der Waals surface area contributed by atoms with Crippen molar-refractivity contribution in [1.82, 2.24) is 4.98 Å². The van der Waals surface area contributed by atoms with Gasteiger partial charge in [-0.3, -0.25) is 4.98 Å². The number of pyridine rings is 1. The van der Waals surface area contributed by atoms with Crippen molar-refractivity contribution in [2.75, 3.05) is 5.75 Å². The molecule has 0 aliphatic heterocycles. The Balaban J connectivity index is 3.11. The number of aromatic nitrogens is 1. The van der Waals surface area contributed by atoms with Crippen LogP contribution in [-0.4, -0.2) is 21.8 Å². The maximum Gasteiger partial charge on any atom is 0.336 e. The van der Waals surface area contributed by atoms with Crippen molar-refractivity contribution in [2.45, 2.75) is 12.8 Å². The van der Waals surface area contributed by atoms with E-state index in [2.05, 4.69) is 17.6 Å². The van der Waals surface area contributed by atoms with Gasteiger partial charge in [0.2, 0.25) is 0 Å². The lowest BCUT2D eigenvalue weighted by Crippen LogP contribution is -2.06. The molecule has 13 heavy (non-hydrogen) atoms. The lowest BCUT2D eigenvalue weighted by molar-refractivity contribution is 0.0695. The van der Waals surface area contributed by atoms with Crippen LogP contribution in [0.1, 0.15) is 28.8 Å². The van der Waals surface area contributed by atoms with E-state index in [9.17, 15) is 4.79 Å². The minimum atomic E-state index is -0.911. The van der Waals surface area contributed by atoms with E-state index < -0.39 is 5.97 Å². The van der Waals surface area contributed by atoms with Gasteiger partial charge in [0.05, 0.1) is 5.56 Å². The highest BCUT2D eigenvalue weighted by Gasteiger charge is 2.13. The first-order valence-corrected chi connectivity index (χ1v) is 4.58. The van der Waals surface area contributed by atoms with E-state index in [-0.39, 0.29) is 5.92 Å². The van der Waals surface area contributed by atoms with Gasteiger partial charge in [-0.05, 0) is 23.3 Å². The van der Waals surface area contributed by atoms with Gasteiger partial charge in [-0.2, -0.15) is 12.6 Å². The number of carboxylic acid groups (broad SMARTS) is 1. The lowest BCUT2D eigenvalue weighted by Gasteiger charge is -2.10. The molecule has 0 radical (unpaired) electrons. The lowest BCUT2D eigenvalue weighted by atomic mass is 10.00. The number of thiol groups is 1. The molecule has 1 aromatic heterocycles. The summed E-state index contributed by atoms with van der Waals surface area (Å²) in [5.74, 6) is -0.180. The van der Waals surface area contributed by atoms with Crippen LogP contribution in [0.2, 0.25) is 0 Å². The largest absolute Gasteiger partial charge is 0.478 e. The Morgan fingerprint density at radius 2 is 2.46 bits per heavy atom. The van der Waals surface area contributed by atoms with Crippen LogP contribution in [0.5, 0.6) is 0 Å². The normalized spacial score (nSPS) is 12.5. The van der Waals surface area contributed by atoms with Gasteiger partial charge in [-0.25, -0.2) is 4.79 Å².